The van der Waals surface area contributed by atoms with Crippen molar-refractivity contribution in [3.63, 3.8) is 0 Å². The fraction of sp³-hybridized carbons (Fsp3) is 0.400. The Morgan fingerprint density at radius 2 is 0.645 bits per heavy atom. The van der Waals surface area contributed by atoms with Crippen LogP contribution in [0.3, 0.4) is 0 Å². The van der Waals surface area contributed by atoms with Crippen LogP contribution in [0.15, 0.2) is 35.5 Å². The van der Waals surface area contributed by atoms with Crippen LogP contribution in [0.5, 0.6) is 0 Å². The van der Waals surface area contributed by atoms with Gasteiger partial charge in [0.15, 0.2) is 0 Å². The van der Waals surface area contributed by atoms with E-state index in [0.29, 0.717) is 0 Å². The van der Waals surface area contributed by atoms with Gasteiger partial charge in [-0.05, 0) is 20.8 Å². The predicted molar refractivity (Wildman–Crippen MR) is 82.3 cm³/mol. The van der Waals surface area contributed by atoms with Crippen molar-refractivity contribution >= 4 is 17.3 Å². The van der Waals surface area contributed by atoms with Crippen LogP contribution in [-0.4, -0.2) is 51.2 Å². The summed E-state index contributed by atoms with van der Waals surface area (Å²) in [5.41, 5.74) is 0. The van der Waals surface area contributed by atoms with Gasteiger partial charge in [0.1, 0.15) is 0 Å². The van der Waals surface area contributed by atoms with Crippen LogP contribution in [0.25, 0.3) is 0 Å². The van der Waals surface area contributed by atoms with Crippen molar-refractivity contribution in [3.8, 4) is 0 Å². The van der Waals surface area contributed by atoms with E-state index in [2.05, 4.69) is 0 Å². The number of allylic oxidation sites excluding steroid dienone is 6. The number of rotatable bonds is 3. The summed E-state index contributed by atoms with van der Waals surface area (Å²) in [6.45, 7) is 2.97. The Hall–Kier alpha value is -1.66. The summed E-state index contributed by atoms with van der Waals surface area (Å²) < 4.78 is 102. The molecule has 0 spiro atoms. The molecule has 0 amide bonds. The molecular formula is C15H15F9O6Sm. The maximum atomic E-state index is 11.3. The van der Waals surface area contributed by atoms with Gasteiger partial charge in [-0.1, -0.05) is 0 Å². The molecule has 0 aliphatic carbocycles. The number of carbonyl (C=O) groups excluding carboxylic acids is 3. The molecule has 0 fully saturated rings. The minimum Gasteiger partial charge on any atom is -0.512 e. The second-order valence-corrected chi connectivity index (χ2v) is 4.94. The van der Waals surface area contributed by atoms with E-state index in [4.69, 9.17) is 15.3 Å². The number of hydrogen-bond donors (Lipinski definition) is 3. The van der Waals surface area contributed by atoms with Crippen molar-refractivity contribution < 1.29 is 110 Å². The second-order valence-electron chi connectivity index (χ2n) is 4.94. The first-order chi connectivity index (χ1) is 13.0. The number of alkyl halides is 9. The summed E-state index contributed by atoms with van der Waals surface area (Å²) in [6, 6.07) is 0. The smallest absolute Gasteiger partial charge is 0.454 e. The summed E-state index contributed by atoms with van der Waals surface area (Å²) in [5, 5.41) is 24.7. The number of halogens is 9. The molecule has 180 valence electrons. The number of aliphatic hydroxyl groups excluding tert-OH is 3. The first-order valence-electron chi connectivity index (χ1n) is 6.97. The van der Waals surface area contributed by atoms with Gasteiger partial charge in [0.25, 0.3) is 17.3 Å². The average Bonchev–Trinajstić information content (AvgIpc) is 2.43. The average molecular weight is 613 g/mol. The van der Waals surface area contributed by atoms with Crippen molar-refractivity contribution in [3.05, 3.63) is 35.5 Å². The minimum atomic E-state index is -4.88. The van der Waals surface area contributed by atoms with Gasteiger partial charge >= 0.3 is 18.5 Å². The SMILES string of the molecule is C/C(O)=C/C(=O)C(F)(F)F.C/C(O)=C/C(=O)C(F)(F)F.C/C(O)=C/C(=O)C(F)(F)F.[Sm]. The topological polar surface area (TPSA) is 112 Å². The van der Waals surface area contributed by atoms with E-state index in [9.17, 15) is 53.9 Å². The van der Waals surface area contributed by atoms with Gasteiger partial charge < -0.3 is 15.3 Å². The first-order valence-corrected chi connectivity index (χ1v) is 6.97. The molecule has 31 heavy (non-hydrogen) atoms. The molecule has 0 aromatic heterocycles. The quantitative estimate of drug-likeness (QED) is 0.241. The molecule has 0 saturated heterocycles. The van der Waals surface area contributed by atoms with E-state index in [1.165, 1.54) is 0 Å². The molecule has 0 unspecified atom stereocenters. The Bertz CT molecular complexity index is 594. The van der Waals surface area contributed by atoms with E-state index in [1.54, 1.807) is 0 Å². The van der Waals surface area contributed by atoms with Gasteiger partial charge in [0.05, 0.1) is 17.3 Å². The molecule has 0 saturated carbocycles. The van der Waals surface area contributed by atoms with Crippen LogP contribution < -0.4 is 0 Å². The summed E-state index contributed by atoms with van der Waals surface area (Å²) in [7, 11) is 0. The maximum Gasteiger partial charge on any atom is 0.454 e. The van der Waals surface area contributed by atoms with E-state index >= 15 is 0 Å². The van der Waals surface area contributed by atoms with Gasteiger partial charge in [-0.3, -0.25) is 14.4 Å². The largest absolute Gasteiger partial charge is 0.512 e. The third-order valence-corrected chi connectivity index (χ3v) is 1.86. The van der Waals surface area contributed by atoms with Crippen LogP contribution in [0.4, 0.5) is 39.5 Å². The van der Waals surface area contributed by atoms with E-state index in [0.717, 1.165) is 20.8 Å². The molecular weight excluding hydrogens is 598 g/mol. The molecule has 0 aromatic rings. The zero-order valence-electron chi connectivity index (χ0n) is 15.6. The number of ketones is 3. The molecule has 0 rings (SSSR count). The van der Waals surface area contributed by atoms with Crippen molar-refractivity contribution in [1.82, 2.24) is 0 Å². The Kier molecular flexibility index (Phi) is 18.0. The van der Waals surface area contributed by atoms with Crippen LogP contribution in [-0.2, 0) is 14.4 Å². The molecule has 16 heteroatoms. The minimum absolute atomic E-state index is 0. The molecule has 0 aliphatic rings. The molecule has 3 N–H and O–H groups in total. The Balaban J connectivity index is -0.000000174. The van der Waals surface area contributed by atoms with Crippen molar-refractivity contribution in [2.45, 2.75) is 39.3 Å². The zero-order chi connectivity index (χ0) is 25.1. The molecule has 6 nitrogen and oxygen atoms in total. The van der Waals surface area contributed by atoms with Gasteiger partial charge in [-0.25, -0.2) is 0 Å². The van der Waals surface area contributed by atoms with Gasteiger partial charge in [-0.15, -0.1) is 0 Å². The Morgan fingerprint density at radius 1 is 0.516 bits per heavy atom. The Morgan fingerprint density at radius 3 is 0.677 bits per heavy atom. The third-order valence-electron chi connectivity index (χ3n) is 1.86. The van der Waals surface area contributed by atoms with E-state index < -0.39 is 53.2 Å². The summed E-state index contributed by atoms with van der Waals surface area (Å²) in [5.74, 6) is -8.10. The monoisotopic (exact) mass is 614 g/mol. The fourth-order valence-electron chi connectivity index (χ4n) is 0.815. The summed E-state index contributed by atoms with van der Waals surface area (Å²) >= 11 is 0. The molecule has 0 aromatic carbocycles. The molecule has 0 radical (unpaired) electrons. The van der Waals surface area contributed by atoms with Crippen LogP contribution in [0, 0.1) is 40.4 Å². The first kappa shape index (κ1) is 36.7. The van der Waals surface area contributed by atoms with Gasteiger partial charge in [0, 0.05) is 58.6 Å². The number of carbonyl (C=O) groups is 3. The van der Waals surface area contributed by atoms with E-state index in [1.807, 2.05) is 0 Å². The number of hydrogen-bond acceptors (Lipinski definition) is 6. The fourth-order valence-corrected chi connectivity index (χ4v) is 0.815. The second kappa shape index (κ2) is 15.2. The van der Waals surface area contributed by atoms with Crippen LogP contribution in [0.2, 0.25) is 0 Å². The zero-order valence-corrected chi connectivity index (χ0v) is 18.2. The maximum absolute atomic E-state index is 11.3. The van der Waals surface area contributed by atoms with Crippen molar-refractivity contribution in [1.29, 1.82) is 0 Å². The van der Waals surface area contributed by atoms with Crippen LogP contribution >= 0.6 is 0 Å². The summed E-state index contributed by atoms with van der Waals surface area (Å²) in [4.78, 5) is 29.7. The molecule has 0 bridgehead atoms. The molecule has 0 aliphatic heterocycles. The number of aliphatic hydroxyl groups is 3. The van der Waals surface area contributed by atoms with Crippen molar-refractivity contribution in [2.24, 2.45) is 0 Å². The van der Waals surface area contributed by atoms with Crippen molar-refractivity contribution in [2.75, 3.05) is 0 Å². The molecule has 0 atom stereocenters. The predicted octanol–water partition coefficient (Wildman–Crippen LogP) is 4.74. The van der Waals surface area contributed by atoms with Gasteiger partial charge in [0.2, 0.25) is 0 Å². The summed E-state index contributed by atoms with van der Waals surface area (Å²) in [6.07, 6.45) is -14.3. The standard InChI is InChI=1S/3C5H5F3O2.Sm/c3*1-3(9)2-4(10)5(6,7)8;/h3*2,9H,1H3;/b3*3-2-;. The normalized spacial score (nSPS) is 13.0. The third kappa shape index (κ3) is 24.5. The molecule has 0 heterocycles. The van der Waals surface area contributed by atoms with E-state index in [-0.39, 0.29) is 58.6 Å². The van der Waals surface area contributed by atoms with Crippen LogP contribution in [0.1, 0.15) is 20.8 Å². The van der Waals surface area contributed by atoms with Gasteiger partial charge in [-0.2, -0.15) is 39.5 Å². The Labute approximate surface area is 201 Å².